The molecule has 0 saturated carbocycles. The number of ether oxygens (including phenoxy) is 1. The molecule has 0 heterocycles. The number of hydrogen-bond acceptors (Lipinski definition) is 3. The molecule has 1 amide bonds. The van der Waals surface area contributed by atoms with E-state index in [0.29, 0.717) is 25.7 Å². The van der Waals surface area contributed by atoms with Crippen LogP contribution in [0.4, 0.5) is 0 Å². The van der Waals surface area contributed by atoms with E-state index in [0.717, 1.165) is 12.8 Å². The van der Waals surface area contributed by atoms with Crippen LogP contribution in [0.15, 0.2) is 0 Å². The topological polar surface area (TPSA) is 64.4 Å². The van der Waals surface area contributed by atoms with Crippen molar-refractivity contribution in [1.29, 1.82) is 0 Å². The SMILES string of the molecule is CCCC(CN)C(=O)NC(COCC)C(C)C. The molecular weight excluding hydrogens is 216 g/mol. The Kier molecular flexibility index (Phi) is 9.09. The third-order valence-electron chi connectivity index (χ3n) is 2.93. The Bertz CT molecular complexity index is 208. The number of hydrogen-bond donors (Lipinski definition) is 2. The Morgan fingerprint density at radius 1 is 1.35 bits per heavy atom. The fraction of sp³-hybridized carbons (Fsp3) is 0.923. The molecule has 0 aliphatic rings. The van der Waals surface area contributed by atoms with Crippen molar-refractivity contribution in [3.05, 3.63) is 0 Å². The molecule has 0 radical (unpaired) electrons. The summed E-state index contributed by atoms with van der Waals surface area (Å²) in [4.78, 5) is 12.0. The van der Waals surface area contributed by atoms with Crippen LogP contribution in [0.3, 0.4) is 0 Å². The van der Waals surface area contributed by atoms with Gasteiger partial charge in [0.05, 0.1) is 18.6 Å². The molecule has 0 bridgehead atoms. The summed E-state index contributed by atoms with van der Waals surface area (Å²) in [7, 11) is 0. The van der Waals surface area contributed by atoms with Gasteiger partial charge in [-0.05, 0) is 19.3 Å². The molecule has 4 nitrogen and oxygen atoms in total. The minimum atomic E-state index is -0.0668. The Labute approximate surface area is 105 Å². The van der Waals surface area contributed by atoms with E-state index in [1.165, 1.54) is 0 Å². The second-order valence-electron chi connectivity index (χ2n) is 4.74. The summed E-state index contributed by atoms with van der Waals surface area (Å²) in [6.45, 7) is 9.86. The highest BCUT2D eigenvalue weighted by atomic mass is 16.5. The van der Waals surface area contributed by atoms with E-state index in [4.69, 9.17) is 10.5 Å². The highest BCUT2D eigenvalue weighted by Crippen LogP contribution is 2.08. The van der Waals surface area contributed by atoms with Gasteiger partial charge in [-0.1, -0.05) is 27.2 Å². The van der Waals surface area contributed by atoms with E-state index < -0.39 is 0 Å². The number of nitrogens with one attached hydrogen (secondary N) is 1. The quantitative estimate of drug-likeness (QED) is 0.646. The number of carbonyl (C=O) groups is 1. The van der Waals surface area contributed by atoms with Crippen LogP contribution in [0.2, 0.25) is 0 Å². The Morgan fingerprint density at radius 3 is 2.41 bits per heavy atom. The van der Waals surface area contributed by atoms with E-state index in [2.05, 4.69) is 26.1 Å². The van der Waals surface area contributed by atoms with Crippen molar-refractivity contribution in [1.82, 2.24) is 5.32 Å². The van der Waals surface area contributed by atoms with Crippen LogP contribution in [0.25, 0.3) is 0 Å². The third-order valence-corrected chi connectivity index (χ3v) is 2.93. The first-order valence-electron chi connectivity index (χ1n) is 6.64. The largest absolute Gasteiger partial charge is 0.380 e. The molecule has 0 aromatic carbocycles. The van der Waals surface area contributed by atoms with Gasteiger partial charge in [0.15, 0.2) is 0 Å². The van der Waals surface area contributed by atoms with Crippen LogP contribution in [-0.2, 0) is 9.53 Å². The fourth-order valence-corrected chi connectivity index (χ4v) is 1.65. The summed E-state index contributed by atoms with van der Waals surface area (Å²) in [6.07, 6.45) is 1.83. The standard InChI is InChI=1S/C13H28N2O2/c1-5-7-11(8-14)13(16)15-12(10(3)4)9-17-6-2/h10-12H,5-9,14H2,1-4H3,(H,15,16). The number of rotatable bonds is 9. The van der Waals surface area contributed by atoms with E-state index in [1.807, 2.05) is 6.92 Å². The van der Waals surface area contributed by atoms with E-state index >= 15 is 0 Å². The lowest BCUT2D eigenvalue weighted by atomic mass is 10.00. The van der Waals surface area contributed by atoms with Crippen molar-refractivity contribution in [2.45, 2.75) is 46.6 Å². The van der Waals surface area contributed by atoms with Crippen LogP contribution in [0, 0.1) is 11.8 Å². The van der Waals surface area contributed by atoms with Gasteiger partial charge in [0.25, 0.3) is 0 Å². The van der Waals surface area contributed by atoms with Crippen LogP contribution < -0.4 is 11.1 Å². The zero-order valence-corrected chi connectivity index (χ0v) is 11.7. The van der Waals surface area contributed by atoms with Crippen molar-refractivity contribution in [2.75, 3.05) is 19.8 Å². The molecule has 3 N–H and O–H groups in total. The van der Waals surface area contributed by atoms with Crippen LogP contribution in [0.1, 0.15) is 40.5 Å². The van der Waals surface area contributed by atoms with Crippen molar-refractivity contribution >= 4 is 5.91 Å². The predicted octanol–water partition coefficient (Wildman–Crippen LogP) is 1.54. The molecule has 2 unspecified atom stereocenters. The monoisotopic (exact) mass is 244 g/mol. The Hall–Kier alpha value is -0.610. The molecule has 4 heteroatoms. The zero-order chi connectivity index (χ0) is 13.3. The van der Waals surface area contributed by atoms with Gasteiger partial charge in [0, 0.05) is 13.2 Å². The first-order valence-corrected chi connectivity index (χ1v) is 6.64. The maximum atomic E-state index is 12.0. The second kappa shape index (κ2) is 9.42. The maximum Gasteiger partial charge on any atom is 0.224 e. The molecule has 2 atom stereocenters. The average molecular weight is 244 g/mol. The predicted molar refractivity (Wildman–Crippen MR) is 70.7 cm³/mol. The fourth-order valence-electron chi connectivity index (χ4n) is 1.65. The minimum Gasteiger partial charge on any atom is -0.380 e. The summed E-state index contributed by atoms with van der Waals surface area (Å²) in [5.74, 6) is 0.362. The van der Waals surface area contributed by atoms with Gasteiger partial charge in [-0.25, -0.2) is 0 Å². The molecule has 0 rings (SSSR count). The lowest BCUT2D eigenvalue weighted by Crippen LogP contribution is -2.46. The van der Waals surface area contributed by atoms with Gasteiger partial charge >= 0.3 is 0 Å². The summed E-state index contributed by atoms with van der Waals surface area (Å²) >= 11 is 0. The van der Waals surface area contributed by atoms with Crippen molar-refractivity contribution in [3.63, 3.8) is 0 Å². The highest BCUT2D eigenvalue weighted by molar-refractivity contribution is 5.79. The Morgan fingerprint density at radius 2 is 2.00 bits per heavy atom. The van der Waals surface area contributed by atoms with Crippen LogP contribution in [-0.4, -0.2) is 31.7 Å². The molecule has 0 spiro atoms. The smallest absolute Gasteiger partial charge is 0.224 e. The highest BCUT2D eigenvalue weighted by Gasteiger charge is 2.21. The lowest BCUT2D eigenvalue weighted by molar-refractivity contribution is -0.126. The molecule has 0 saturated heterocycles. The summed E-state index contributed by atoms with van der Waals surface area (Å²) in [6, 6.07) is 0.0772. The molecule has 0 aromatic rings. The number of nitrogens with two attached hydrogens (primary N) is 1. The summed E-state index contributed by atoms with van der Waals surface area (Å²) in [5, 5.41) is 3.04. The van der Waals surface area contributed by atoms with Crippen molar-refractivity contribution < 1.29 is 9.53 Å². The molecule has 102 valence electrons. The van der Waals surface area contributed by atoms with Gasteiger partial charge < -0.3 is 15.8 Å². The molecule has 0 aromatic heterocycles. The van der Waals surface area contributed by atoms with Crippen LogP contribution >= 0.6 is 0 Å². The minimum absolute atomic E-state index is 0.0627. The average Bonchev–Trinajstić information content (AvgIpc) is 2.30. The van der Waals surface area contributed by atoms with Crippen molar-refractivity contribution in [3.8, 4) is 0 Å². The molecule has 17 heavy (non-hydrogen) atoms. The molecule has 0 aliphatic heterocycles. The zero-order valence-electron chi connectivity index (χ0n) is 11.7. The summed E-state index contributed by atoms with van der Waals surface area (Å²) < 4.78 is 5.39. The Balaban J connectivity index is 4.26. The first kappa shape index (κ1) is 16.4. The first-order chi connectivity index (χ1) is 8.06. The van der Waals surface area contributed by atoms with Gasteiger partial charge in [0.1, 0.15) is 0 Å². The number of carbonyl (C=O) groups excluding carboxylic acids is 1. The van der Waals surface area contributed by atoms with Gasteiger partial charge in [-0.3, -0.25) is 4.79 Å². The van der Waals surface area contributed by atoms with E-state index in [9.17, 15) is 4.79 Å². The lowest BCUT2D eigenvalue weighted by Gasteiger charge is -2.24. The molecule has 0 aliphatic carbocycles. The van der Waals surface area contributed by atoms with Gasteiger partial charge in [0.2, 0.25) is 5.91 Å². The molecular formula is C13H28N2O2. The van der Waals surface area contributed by atoms with E-state index in [-0.39, 0.29) is 17.9 Å². The van der Waals surface area contributed by atoms with Crippen LogP contribution in [0.5, 0.6) is 0 Å². The normalized spacial score (nSPS) is 14.7. The van der Waals surface area contributed by atoms with Crippen molar-refractivity contribution in [2.24, 2.45) is 17.6 Å². The van der Waals surface area contributed by atoms with Gasteiger partial charge in [-0.15, -0.1) is 0 Å². The molecule has 0 fully saturated rings. The van der Waals surface area contributed by atoms with E-state index in [1.54, 1.807) is 0 Å². The maximum absolute atomic E-state index is 12.0. The third kappa shape index (κ3) is 6.64. The van der Waals surface area contributed by atoms with Gasteiger partial charge in [-0.2, -0.15) is 0 Å². The summed E-state index contributed by atoms with van der Waals surface area (Å²) in [5.41, 5.74) is 5.62. The second-order valence-corrected chi connectivity index (χ2v) is 4.74. The number of amides is 1.